The van der Waals surface area contributed by atoms with Gasteiger partial charge in [-0.2, -0.15) is 0 Å². The van der Waals surface area contributed by atoms with E-state index >= 15 is 0 Å². The van der Waals surface area contributed by atoms with E-state index in [4.69, 9.17) is 9.15 Å². The fraction of sp³-hybridized carbons (Fsp3) is 0.474. The first-order chi connectivity index (χ1) is 11.9. The van der Waals surface area contributed by atoms with E-state index in [1.165, 1.54) is 0 Å². The molecule has 0 spiro atoms. The third-order valence-electron chi connectivity index (χ3n) is 4.89. The fourth-order valence-corrected chi connectivity index (χ4v) is 3.93. The van der Waals surface area contributed by atoms with Crippen LogP contribution < -0.4 is 0 Å². The lowest BCUT2D eigenvalue weighted by molar-refractivity contribution is -0.140. The summed E-state index contributed by atoms with van der Waals surface area (Å²) in [7, 11) is 0. The normalized spacial score (nSPS) is 20.7. The summed E-state index contributed by atoms with van der Waals surface area (Å²) in [6.07, 6.45) is 3.10. The number of hydrogen-bond donors (Lipinski definition) is 0. The molecule has 0 radical (unpaired) electrons. The van der Waals surface area contributed by atoms with Gasteiger partial charge in [-0.05, 0) is 58.2 Å². The molecule has 2 aromatic rings. The van der Waals surface area contributed by atoms with Gasteiger partial charge in [0.25, 0.3) is 5.91 Å². The Morgan fingerprint density at radius 1 is 1.28 bits per heavy atom. The predicted molar refractivity (Wildman–Crippen MR) is 98.6 cm³/mol. The zero-order valence-electron chi connectivity index (χ0n) is 14.7. The van der Waals surface area contributed by atoms with Crippen molar-refractivity contribution >= 4 is 38.8 Å². The lowest BCUT2D eigenvalue weighted by Gasteiger charge is -2.38. The molecule has 1 saturated heterocycles. The number of aryl methyl sites for hydroxylation is 1. The number of piperidine rings is 1. The molecule has 2 atom stereocenters. The van der Waals surface area contributed by atoms with Gasteiger partial charge in [-0.25, -0.2) is 4.79 Å². The van der Waals surface area contributed by atoms with Crippen molar-refractivity contribution in [2.75, 3.05) is 6.61 Å². The van der Waals surface area contributed by atoms with Gasteiger partial charge in [-0.15, -0.1) is 0 Å². The van der Waals surface area contributed by atoms with Gasteiger partial charge in [0.1, 0.15) is 5.58 Å². The highest BCUT2D eigenvalue weighted by Crippen LogP contribution is 2.28. The van der Waals surface area contributed by atoms with Crippen molar-refractivity contribution in [2.45, 2.75) is 52.1 Å². The van der Waals surface area contributed by atoms with E-state index in [0.29, 0.717) is 11.1 Å². The van der Waals surface area contributed by atoms with Gasteiger partial charge in [-0.1, -0.05) is 15.9 Å². The van der Waals surface area contributed by atoms with Crippen molar-refractivity contribution < 1.29 is 18.7 Å². The van der Waals surface area contributed by atoms with Crippen LogP contribution in [0, 0.1) is 6.92 Å². The molecule has 1 amide bonds. The number of benzene rings is 1. The molecule has 0 aliphatic carbocycles. The number of furan rings is 1. The number of esters is 1. The number of carbonyl (C=O) groups is 2. The minimum Gasteiger partial charge on any atom is -0.450 e. The van der Waals surface area contributed by atoms with Crippen molar-refractivity contribution in [1.29, 1.82) is 0 Å². The first-order valence-electron chi connectivity index (χ1n) is 8.55. The molecule has 5 nitrogen and oxygen atoms in total. The van der Waals surface area contributed by atoms with Crippen molar-refractivity contribution in [3.05, 3.63) is 34.0 Å². The van der Waals surface area contributed by atoms with Crippen molar-refractivity contribution in [3.63, 3.8) is 0 Å². The van der Waals surface area contributed by atoms with Crippen molar-refractivity contribution in [2.24, 2.45) is 0 Å². The third kappa shape index (κ3) is 3.59. The summed E-state index contributed by atoms with van der Waals surface area (Å²) in [6.45, 7) is 5.63. The molecule has 1 aliphatic rings. The van der Waals surface area contributed by atoms with Gasteiger partial charge in [0.05, 0.1) is 0 Å². The van der Waals surface area contributed by atoms with E-state index in [2.05, 4.69) is 15.9 Å². The Bertz CT molecular complexity index is 803. The van der Waals surface area contributed by atoms with Crippen molar-refractivity contribution in [3.8, 4) is 0 Å². The number of hydrogen-bond acceptors (Lipinski definition) is 4. The second-order valence-electron chi connectivity index (χ2n) is 6.70. The lowest BCUT2D eigenvalue weighted by Crippen LogP contribution is -2.49. The molecule has 0 bridgehead atoms. The van der Waals surface area contributed by atoms with Crippen LogP contribution in [0.25, 0.3) is 11.0 Å². The Hall–Kier alpha value is -1.82. The van der Waals surface area contributed by atoms with Crippen LogP contribution in [0.1, 0.15) is 49.2 Å². The SMILES string of the molecule is Cc1c(C(=O)OCC(=O)N2C(C)CCCC2C)oc2ccc(Br)cc12. The second-order valence-corrected chi connectivity index (χ2v) is 7.62. The molecule has 3 rings (SSSR count). The van der Waals surface area contributed by atoms with E-state index < -0.39 is 5.97 Å². The maximum atomic E-state index is 12.5. The lowest BCUT2D eigenvalue weighted by atomic mass is 9.97. The predicted octanol–water partition coefficient (Wildman–Crippen LogP) is 4.45. The number of ether oxygens (including phenoxy) is 1. The van der Waals surface area contributed by atoms with Gasteiger partial charge in [0.15, 0.2) is 6.61 Å². The highest BCUT2D eigenvalue weighted by Gasteiger charge is 2.30. The van der Waals surface area contributed by atoms with Crippen LogP contribution in [-0.2, 0) is 9.53 Å². The maximum Gasteiger partial charge on any atom is 0.375 e. The largest absolute Gasteiger partial charge is 0.450 e. The molecule has 1 fully saturated rings. The number of amides is 1. The highest BCUT2D eigenvalue weighted by molar-refractivity contribution is 9.10. The average Bonchev–Trinajstić information content (AvgIpc) is 2.89. The first kappa shape index (κ1) is 18.0. The van der Waals surface area contributed by atoms with Crippen LogP contribution in [0.15, 0.2) is 27.1 Å². The van der Waals surface area contributed by atoms with Crippen LogP contribution in [0.4, 0.5) is 0 Å². The quantitative estimate of drug-likeness (QED) is 0.705. The molecular formula is C19H22BrNO4. The Morgan fingerprint density at radius 2 is 1.96 bits per heavy atom. The molecule has 1 aromatic carbocycles. The van der Waals surface area contributed by atoms with Gasteiger partial charge >= 0.3 is 5.97 Å². The van der Waals surface area contributed by atoms with Gasteiger partial charge in [0, 0.05) is 27.5 Å². The number of halogens is 1. The summed E-state index contributed by atoms with van der Waals surface area (Å²) in [6, 6.07) is 5.90. The summed E-state index contributed by atoms with van der Waals surface area (Å²) in [4.78, 5) is 26.7. The Balaban J connectivity index is 1.70. The Morgan fingerprint density at radius 3 is 2.64 bits per heavy atom. The molecule has 134 valence electrons. The summed E-state index contributed by atoms with van der Waals surface area (Å²) < 4.78 is 11.8. The van der Waals surface area contributed by atoms with Gasteiger partial charge in [0.2, 0.25) is 5.76 Å². The monoisotopic (exact) mass is 407 g/mol. The summed E-state index contributed by atoms with van der Waals surface area (Å²) in [5.74, 6) is -0.597. The smallest absolute Gasteiger partial charge is 0.375 e. The average molecular weight is 408 g/mol. The highest BCUT2D eigenvalue weighted by atomic mass is 79.9. The third-order valence-corrected chi connectivity index (χ3v) is 5.39. The molecular weight excluding hydrogens is 386 g/mol. The number of likely N-dealkylation sites (tertiary alicyclic amines) is 1. The summed E-state index contributed by atoms with van der Waals surface area (Å²) in [5, 5.41) is 0.853. The minimum absolute atomic E-state index is 0.149. The number of fused-ring (bicyclic) bond motifs is 1. The number of rotatable bonds is 3. The number of carbonyl (C=O) groups excluding carboxylic acids is 2. The number of nitrogens with zero attached hydrogens (tertiary/aromatic N) is 1. The van der Waals surface area contributed by atoms with Crippen LogP contribution in [-0.4, -0.2) is 35.5 Å². The molecule has 0 N–H and O–H groups in total. The van der Waals surface area contributed by atoms with Crippen LogP contribution in [0.5, 0.6) is 0 Å². The minimum atomic E-state index is -0.601. The summed E-state index contributed by atoms with van der Waals surface area (Å²) in [5.41, 5.74) is 1.34. The maximum absolute atomic E-state index is 12.5. The zero-order chi connectivity index (χ0) is 18.1. The second kappa shape index (κ2) is 7.20. The van der Waals surface area contributed by atoms with Gasteiger partial charge in [-0.3, -0.25) is 4.79 Å². The van der Waals surface area contributed by atoms with Crippen LogP contribution in [0.2, 0.25) is 0 Å². The fourth-order valence-electron chi connectivity index (χ4n) is 3.57. The van der Waals surface area contributed by atoms with Gasteiger partial charge < -0.3 is 14.1 Å². The van der Waals surface area contributed by atoms with E-state index in [9.17, 15) is 9.59 Å². The molecule has 1 aliphatic heterocycles. The Kier molecular flexibility index (Phi) is 5.18. The topological polar surface area (TPSA) is 59.8 Å². The van der Waals surface area contributed by atoms with E-state index in [0.717, 1.165) is 29.1 Å². The molecule has 2 heterocycles. The first-order valence-corrected chi connectivity index (χ1v) is 9.34. The molecule has 25 heavy (non-hydrogen) atoms. The molecule has 1 aromatic heterocycles. The Labute approximate surface area is 155 Å². The van der Waals surface area contributed by atoms with E-state index in [1.54, 1.807) is 6.07 Å². The van der Waals surface area contributed by atoms with E-state index in [-0.39, 0.29) is 30.4 Å². The standard InChI is InChI=1S/C19H22BrNO4/c1-11-5-4-6-12(2)21(11)17(22)10-24-19(23)18-13(3)15-9-14(20)7-8-16(15)25-18/h7-9,11-12H,4-6,10H2,1-3H3. The van der Waals surface area contributed by atoms with E-state index in [1.807, 2.05) is 37.8 Å². The zero-order valence-corrected chi connectivity index (χ0v) is 16.3. The van der Waals surface area contributed by atoms with Crippen LogP contribution in [0.3, 0.4) is 0 Å². The van der Waals surface area contributed by atoms with Crippen molar-refractivity contribution in [1.82, 2.24) is 4.90 Å². The molecule has 6 heteroatoms. The molecule has 2 unspecified atom stereocenters. The summed E-state index contributed by atoms with van der Waals surface area (Å²) >= 11 is 3.41. The molecule has 0 saturated carbocycles. The van der Waals surface area contributed by atoms with Crippen LogP contribution >= 0.6 is 15.9 Å².